The number of benzene rings is 1. The molecule has 1 atom stereocenters. The van der Waals surface area contributed by atoms with E-state index in [-0.39, 0.29) is 16.0 Å². The fourth-order valence-electron chi connectivity index (χ4n) is 2.02. The van der Waals surface area contributed by atoms with Crippen molar-refractivity contribution in [3.63, 3.8) is 0 Å². The summed E-state index contributed by atoms with van der Waals surface area (Å²) < 4.78 is 37.9. The van der Waals surface area contributed by atoms with Crippen molar-refractivity contribution in [2.45, 2.75) is 36.3 Å². The second kappa shape index (κ2) is 8.58. The summed E-state index contributed by atoms with van der Waals surface area (Å²) in [6, 6.07) is 10.2. The van der Waals surface area contributed by atoms with E-state index in [0.717, 1.165) is 29.6 Å². The molecule has 2 rings (SSSR count). The maximum Gasteiger partial charge on any atom is 0.417 e. The second-order valence-electron chi connectivity index (χ2n) is 5.23. The maximum absolute atomic E-state index is 12.6. The van der Waals surface area contributed by atoms with Crippen LogP contribution in [-0.2, 0) is 17.5 Å². The first-order valence-electron chi connectivity index (χ1n) is 7.52. The van der Waals surface area contributed by atoms with Gasteiger partial charge in [-0.1, -0.05) is 60.6 Å². The number of hydrogen-bond donors (Lipinski definition) is 1. The Balaban J connectivity index is 2.02. The molecule has 1 heterocycles. The lowest BCUT2D eigenvalue weighted by atomic mass is 10.2. The Morgan fingerprint density at radius 1 is 1.32 bits per heavy atom. The molecule has 0 aliphatic carbocycles. The van der Waals surface area contributed by atoms with Crippen LogP contribution >= 0.6 is 23.4 Å². The highest BCUT2D eigenvalue weighted by Crippen LogP contribution is 2.35. The van der Waals surface area contributed by atoms with Gasteiger partial charge in [-0.25, -0.2) is 4.98 Å². The van der Waals surface area contributed by atoms with Crippen LogP contribution in [0.25, 0.3) is 0 Å². The fraction of sp³-hybridized carbons (Fsp3) is 0.294. The number of hydrogen-bond acceptors (Lipinski definition) is 3. The number of nitrogens with zero attached hydrogens (tertiary/aromatic N) is 1. The molecule has 3 nitrogen and oxygen atoms in total. The average molecular weight is 389 g/mol. The normalized spacial score (nSPS) is 12.7. The van der Waals surface area contributed by atoms with Crippen molar-refractivity contribution in [1.82, 2.24) is 10.3 Å². The summed E-state index contributed by atoms with van der Waals surface area (Å²) in [7, 11) is 0. The largest absolute Gasteiger partial charge is 0.417 e. The van der Waals surface area contributed by atoms with E-state index >= 15 is 0 Å². The molecule has 0 bridgehead atoms. The van der Waals surface area contributed by atoms with E-state index in [1.807, 2.05) is 37.3 Å². The van der Waals surface area contributed by atoms with Gasteiger partial charge in [0.1, 0.15) is 5.03 Å². The van der Waals surface area contributed by atoms with Gasteiger partial charge in [-0.3, -0.25) is 4.79 Å². The first-order chi connectivity index (χ1) is 11.8. The number of alkyl halides is 3. The molecule has 0 aliphatic rings. The van der Waals surface area contributed by atoms with Crippen molar-refractivity contribution in [2.75, 3.05) is 0 Å². The first kappa shape index (κ1) is 19.6. The molecule has 0 radical (unpaired) electrons. The summed E-state index contributed by atoms with van der Waals surface area (Å²) >= 11 is 6.95. The highest BCUT2D eigenvalue weighted by atomic mass is 35.5. The minimum absolute atomic E-state index is 0.117. The molecule has 0 saturated carbocycles. The predicted molar refractivity (Wildman–Crippen MR) is 92.5 cm³/mol. The van der Waals surface area contributed by atoms with Gasteiger partial charge in [0.25, 0.3) is 0 Å². The van der Waals surface area contributed by atoms with Crippen LogP contribution in [0.4, 0.5) is 13.2 Å². The van der Waals surface area contributed by atoms with Crippen molar-refractivity contribution in [2.24, 2.45) is 0 Å². The zero-order valence-corrected chi connectivity index (χ0v) is 14.9. The minimum atomic E-state index is -4.50. The van der Waals surface area contributed by atoms with E-state index in [2.05, 4.69) is 10.3 Å². The van der Waals surface area contributed by atoms with Crippen LogP contribution in [-0.4, -0.2) is 16.1 Å². The molecule has 2 aromatic rings. The Hall–Kier alpha value is -1.73. The molecule has 0 fully saturated rings. The zero-order valence-electron chi connectivity index (χ0n) is 13.3. The van der Waals surface area contributed by atoms with Crippen LogP contribution in [0.15, 0.2) is 47.6 Å². The molecule has 0 saturated heterocycles. The topological polar surface area (TPSA) is 42.0 Å². The van der Waals surface area contributed by atoms with Crippen molar-refractivity contribution in [3.8, 4) is 0 Å². The number of carbonyl (C=O) groups excluding carboxylic acids is 1. The van der Waals surface area contributed by atoms with Gasteiger partial charge in [0.05, 0.1) is 15.8 Å². The third kappa shape index (κ3) is 5.64. The van der Waals surface area contributed by atoms with Gasteiger partial charge in [0, 0.05) is 12.7 Å². The summed E-state index contributed by atoms with van der Waals surface area (Å²) in [6.45, 7) is 2.20. The quantitative estimate of drug-likeness (QED) is 0.712. The number of aromatic nitrogens is 1. The Bertz CT molecular complexity index is 726. The molecule has 1 N–H and O–H groups in total. The van der Waals surface area contributed by atoms with Crippen LogP contribution in [0, 0.1) is 0 Å². The molecule has 25 heavy (non-hydrogen) atoms. The van der Waals surface area contributed by atoms with Crippen LogP contribution in [0.2, 0.25) is 5.02 Å². The lowest BCUT2D eigenvalue weighted by Crippen LogP contribution is -2.32. The lowest BCUT2D eigenvalue weighted by molar-refractivity contribution is -0.137. The van der Waals surface area contributed by atoms with E-state index in [4.69, 9.17) is 11.6 Å². The number of pyridine rings is 1. The van der Waals surface area contributed by atoms with Gasteiger partial charge in [0.15, 0.2) is 0 Å². The number of nitrogens with one attached hydrogen (secondary N) is 1. The number of rotatable bonds is 6. The second-order valence-corrected chi connectivity index (χ2v) is 6.83. The molecule has 1 aromatic heterocycles. The van der Waals surface area contributed by atoms with E-state index in [9.17, 15) is 18.0 Å². The monoisotopic (exact) mass is 388 g/mol. The Kier molecular flexibility index (Phi) is 6.72. The lowest BCUT2D eigenvalue weighted by Gasteiger charge is -2.15. The van der Waals surface area contributed by atoms with Crippen molar-refractivity contribution < 1.29 is 18.0 Å². The van der Waals surface area contributed by atoms with Gasteiger partial charge < -0.3 is 5.32 Å². The van der Waals surface area contributed by atoms with Crippen LogP contribution in [0.3, 0.4) is 0 Å². The van der Waals surface area contributed by atoms with Crippen LogP contribution in [0.5, 0.6) is 0 Å². The number of amides is 1. The summed E-state index contributed by atoms with van der Waals surface area (Å²) in [5.74, 6) is -0.214. The number of halogens is 4. The van der Waals surface area contributed by atoms with Crippen molar-refractivity contribution >= 4 is 29.3 Å². The molecule has 134 valence electrons. The molecule has 0 aliphatic heterocycles. The van der Waals surface area contributed by atoms with E-state index in [1.165, 1.54) is 0 Å². The molecule has 8 heteroatoms. The summed E-state index contributed by atoms with van der Waals surface area (Å²) in [6.07, 6.45) is -3.29. The summed E-state index contributed by atoms with van der Waals surface area (Å²) in [5, 5.41) is 2.41. The molecular weight excluding hydrogens is 373 g/mol. The summed E-state index contributed by atoms with van der Waals surface area (Å²) in [5.41, 5.74) is 0.0461. The third-order valence-corrected chi connectivity index (χ3v) is 5.14. The van der Waals surface area contributed by atoms with Gasteiger partial charge in [0.2, 0.25) is 5.91 Å². The summed E-state index contributed by atoms with van der Waals surface area (Å²) in [4.78, 5) is 16.1. The van der Waals surface area contributed by atoms with Crippen LogP contribution in [0.1, 0.15) is 24.5 Å². The molecular formula is C17H16ClF3N2OS. The van der Waals surface area contributed by atoms with Crippen molar-refractivity contribution in [3.05, 3.63) is 58.7 Å². The predicted octanol–water partition coefficient (Wildman–Crippen LogP) is 4.94. The Labute approximate surface area is 153 Å². The molecule has 0 unspecified atom stereocenters. The van der Waals surface area contributed by atoms with E-state index < -0.39 is 17.0 Å². The SMILES string of the molecule is CC[C@@H](Sc1ncc(C(F)(F)F)cc1Cl)C(=O)NCc1ccccc1. The van der Waals surface area contributed by atoms with E-state index in [0.29, 0.717) is 13.0 Å². The molecule has 0 spiro atoms. The van der Waals surface area contributed by atoms with Gasteiger partial charge in [-0.15, -0.1) is 0 Å². The van der Waals surface area contributed by atoms with Crippen molar-refractivity contribution in [1.29, 1.82) is 0 Å². The standard InChI is InChI=1S/C17H16ClF3N2OS/c1-2-14(15(24)22-9-11-6-4-3-5-7-11)25-16-13(18)8-12(10-23-16)17(19,20)21/h3-8,10,14H,2,9H2,1H3,(H,22,24)/t14-/m1/s1. The highest BCUT2D eigenvalue weighted by Gasteiger charge is 2.32. The first-order valence-corrected chi connectivity index (χ1v) is 8.78. The highest BCUT2D eigenvalue weighted by molar-refractivity contribution is 8.00. The van der Waals surface area contributed by atoms with Gasteiger partial charge in [-0.2, -0.15) is 13.2 Å². The van der Waals surface area contributed by atoms with Crippen LogP contribution < -0.4 is 5.32 Å². The van der Waals surface area contributed by atoms with Gasteiger partial charge >= 0.3 is 6.18 Å². The average Bonchev–Trinajstić information content (AvgIpc) is 2.58. The number of thioether (sulfide) groups is 1. The maximum atomic E-state index is 12.6. The van der Waals surface area contributed by atoms with E-state index in [1.54, 1.807) is 0 Å². The number of carbonyl (C=O) groups is 1. The fourth-order valence-corrected chi connectivity index (χ4v) is 3.23. The van der Waals surface area contributed by atoms with Gasteiger partial charge in [-0.05, 0) is 18.1 Å². The Morgan fingerprint density at radius 3 is 2.56 bits per heavy atom. The zero-order chi connectivity index (χ0) is 18.4. The minimum Gasteiger partial charge on any atom is -0.351 e. The third-order valence-electron chi connectivity index (χ3n) is 3.36. The molecule has 1 aromatic carbocycles. The molecule has 1 amide bonds. The Morgan fingerprint density at radius 2 is 2.00 bits per heavy atom. The smallest absolute Gasteiger partial charge is 0.351 e.